The summed E-state index contributed by atoms with van der Waals surface area (Å²) in [7, 11) is 0. The second kappa shape index (κ2) is 7.59. The molecule has 0 saturated carbocycles. The number of piperidine rings is 1. The maximum Gasteiger partial charge on any atom is 0.269 e. The highest BCUT2D eigenvalue weighted by Crippen LogP contribution is 2.34. The lowest BCUT2D eigenvalue weighted by atomic mass is 9.91. The van der Waals surface area contributed by atoms with Gasteiger partial charge in [-0.3, -0.25) is 29.8 Å². The van der Waals surface area contributed by atoms with Crippen molar-refractivity contribution in [3.63, 3.8) is 0 Å². The summed E-state index contributed by atoms with van der Waals surface area (Å²) in [5, 5.41) is 13.2. The van der Waals surface area contributed by atoms with E-state index in [1.54, 1.807) is 24.3 Å². The van der Waals surface area contributed by atoms with Crippen LogP contribution in [-0.4, -0.2) is 46.2 Å². The highest BCUT2D eigenvalue weighted by molar-refractivity contribution is 6.04. The summed E-state index contributed by atoms with van der Waals surface area (Å²) in [5.74, 6) is -1.24. The van der Waals surface area contributed by atoms with Crippen molar-refractivity contribution in [1.29, 1.82) is 0 Å². The molecule has 9 nitrogen and oxygen atoms in total. The van der Waals surface area contributed by atoms with Crippen molar-refractivity contribution in [3.05, 3.63) is 63.7 Å². The maximum absolute atomic E-state index is 12.8. The van der Waals surface area contributed by atoms with Crippen molar-refractivity contribution in [2.75, 3.05) is 6.54 Å². The third kappa shape index (κ3) is 3.68. The number of benzene rings is 1. The number of nitrogens with one attached hydrogen (secondary N) is 1. The standard InChI is InChI=1S/C20H19N3O6/c24-18-8-7-16(19(25)21-18)22-10-15-14(20(22)26)5-2-6-17(15)29-11-12-3-1-4-13(9-12)23(27)28/h1-6,9,15-17H,7-8,10-11H2,(H,21,24,25). The number of nitro groups is 1. The monoisotopic (exact) mass is 397 g/mol. The number of nitrogens with zero attached hydrogens (tertiary/aromatic N) is 2. The summed E-state index contributed by atoms with van der Waals surface area (Å²) in [4.78, 5) is 48.4. The summed E-state index contributed by atoms with van der Waals surface area (Å²) in [6.07, 6.45) is 5.43. The van der Waals surface area contributed by atoms with Crippen LogP contribution in [-0.2, 0) is 25.7 Å². The van der Waals surface area contributed by atoms with Crippen molar-refractivity contribution in [2.24, 2.45) is 5.92 Å². The Balaban J connectivity index is 1.45. The molecule has 2 aliphatic heterocycles. The molecular formula is C20H19N3O6. The number of hydrogen-bond donors (Lipinski definition) is 1. The van der Waals surface area contributed by atoms with Crippen LogP contribution in [0.2, 0.25) is 0 Å². The van der Waals surface area contributed by atoms with Gasteiger partial charge in [0, 0.05) is 36.6 Å². The van der Waals surface area contributed by atoms with Gasteiger partial charge in [0.25, 0.3) is 11.6 Å². The number of carbonyl (C=O) groups is 3. The molecule has 3 amide bonds. The zero-order chi connectivity index (χ0) is 20.5. The fourth-order valence-electron chi connectivity index (χ4n) is 3.97. The molecule has 1 N–H and O–H groups in total. The molecule has 1 aromatic rings. The predicted molar refractivity (Wildman–Crippen MR) is 100 cm³/mol. The molecule has 3 unspecified atom stereocenters. The van der Waals surface area contributed by atoms with Gasteiger partial charge in [0.05, 0.1) is 17.6 Å². The van der Waals surface area contributed by atoms with E-state index in [0.29, 0.717) is 24.1 Å². The van der Waals surface area contributed by atoms with Crippen LogP contribution in [0.15, 0.2) is 48.1 Å². The number of nitro benzene ring substituents is 1. The molecule has 0 aromatic heterocycles. The highest BCUT2D eigenvalue weighted by Gasteiger charge is 2.45. The van der Waals surface area contributed by atoms with Crippen LogP contribution in [0.4, 0.5) is 5.69 Å². The van der Waals surface area contributed by atoms with Crippen molar-refractivity contribution in [2.45, 2.75) is 31.6 Å². The molecule has 3 aliphatic rings. The number of non-ortho nitro benzene ring substituents is 1. The Morgan fingerprint density at radius 2 is 2.10 bits per heavy atom. The fourth-order valence-corrected chi connectivity index (χ4v) is 3.97. The maximum atomic E-state index is 12.8. The average Bonchev–Trinajstić information content (AvgIpc) is 3.04. The van der Waals surface area contributed by atoms with Gasteiger partial charge in [0.2, 0.25) is 11.8 Å². The summed E-state index contributed by atoms with van der Waals surface area (Å²) in [5.41, 5.74) is 1.22. The van der Waals surface area contributed by atoms with Gasteiger partial charge in [-0.15, -0.1) is 0 Å². The predicted octanol–water partition coefficient (Wildman–Crippen LogP) is 1.24. The third-order valence-electron chi connectivity index (χ3n) is 5.42. The van der Waals surface area contributed by atoms with Crippen molar-refractivity contribution in [1.82, 2.24) is 10.2 Å². The molecule has 0 bridgehead atoms. The molecule has 4 rings (SSSR count). The van der Waals surface area contributed by atoms with Gasteiger partial charge < -0.3 is 9.64 Å². The minimum Gasteiger partial charge on any atom is -0.369 e. The van der Waals surface area contributed by atoms with Crippen molar-refractivity contribution in [3.8, 4) is 0 Å². The Hall–Kier alpha value is -3.33. The molecule has 1 aliphatic carbocycles. The van der Waals surface area contributed by atoms with Crippen LogP contribution in [0.5, 0.6) is 0 Å². The first kappa shape index (κ1) is 19.0. The first-order chi connectivity index (χ1) is 13.9. The lowest BCUT2D eigenvalue weighted by Gasteiger charge is -2.30. The van der Waals surface area contributed by atoms with Gasteiger partial charge in [0.1, 0.15) is 6.04 Å². The Morgan fingerprint density at radius 1 is 1.28 bits per heavy atom. The van der Waals surface area contributed by atoms with E-state index in [4.69, 9.17) is 4.74 Å². The highest BCUT2D eigenvalue weighted by atomic mass is 16.6. The Bertz CT molecular complexity index is 953. The number of amides is 3. The van der Waals surface area contributed by atoms with E-state index in [1.165, 1.54) is 17.0 Å². The van der Waals surface area contributed by atoms with Gasteiger partial charge in [-0.2, -0.15) is 0 Å². The molecule has 9 heteroatoms. The Kier molecular flexibility index (Phi) is 4.98. The number of carbonyl (C=O) groups excluding carboxylic acids is 3. The Morgan fingerprint density at radius 3 is 2.86 bits per heavy atom. The zero-order valence-corrected chi connectivity index (χ0v) is 15.4. The van der Waals surface area contributed by atoms with Crippen molar-refractivity contribution >= 4 is 23.4 Å². The minimum absolute atomic E-state index is 0.00838. The second-order valence-electron chi connectivity index (χ2n) is 7.24. The summed E-state index contributed by atoms with van der Waals surface area (Å²) < 4.78 is 5.96. The van der Waals surface area contributed by atoms with Crippen LogP contribution in [0.3, 0.4) is 0 Å². The molecule has 1 aromatic carbocycles. The number of fused-ring (bicyclic) bond motifs is 1. The summed E-state index contributed by atoms with van der Waals surface area (Å²) >= 11 is 0. The number of rotatable bonds is 5. The number of hydrogen-bond acceptors (Lipinski definition) is 6. The van der Waals surface area contributed by atoms with Gasteiger partial charge in [-0.1, -0.05) is 30.4 Å². The van der Waals surface area contributed by atoms with E-state index in [2.05, 4.69) is 5.32 Å². The van der Waals surface area contributed by atoms with E-state index < -0.39 is 23.0 Å². The molecule has 2 heterocycles. The summed E-state index contributed by atoms with van der Waals surface area (Å²) in [6.45, 7) is 0.480. The first-order valence-corrected chi connectivity index (χ1v) is 9.32. The van der Waals surface area contributed by atoms with Crippen LogP contribution in [0.25, 0.3) is 0 Å². The number of allylic oxidation sites excluding steroid dienone is 2. The summed E-state index contributed by atoms with van der Waals surface area (Å²) in [6, 6.07) is 5.55. The van der Waals surface area contributed by atoms with E-state index in [-0.39, 0.29) is 36.4 Å². The smallest absolute Gasteiger partial charge is 0.269 e. The molecule has 2 saturated heterocycles. The normalized spacial score (nSPS) is 26.2. The van der Waals surface area contributed by atoms with Crippen LogP contribution < -0.4 is 5.32 Å². The second-order valence-corrected chi connectivity index (χ2v) is 7.24. The molecule has 0 radical (unpaired) electrons. The molecule has 3 atom stereocenters. The molecular weight excluding hydrogens is 378 g/mol. The SMILES string of the molecule is O=C1CCC(N2CC3C(=CC=CC3OCc3cccc([N+](=O)[O-])c3)C2=O)C(=O)N1. The van der Waals surface area contributed by atoms with E-state index in [0.717, 1.165) is 0 Å². The number of ether oxygens (including phenoxy) is 1. The van der Waals surface area contributed by atoms with Crippen LogP contribution in [0.1, 0.15) is 18.4 Å². The van der Waals surface area contributed by atoms with Crippen molar-refractivity contribution < 1.29 is 24.0 Å². The first-order valence-electron chi connectivity index (χ1n) is 9.32. The Labute approximate surface area is 166 Å². The topological polar surface area (TPSA) is 119 Å². The van der Waals surface area contributed by atoms with E-state index >= 15 is 0 Å². The molecule has 0 spiro atoms. The number of likely N-dealkylation sites (tertiary alicyclic amines) is 1. The number of imide groups is 1. The lowest BCUT2D eigenvalue weighted by molar-refractivity contribution is -0.385. The van der Waals surface area contributed by atoms with Gasteiger partial charge >= 0.3 is 0 Å². The average molecular weight is 397 g/mol. The van der Waals surface area contributed by atoms with Gasteiger partial charge in [-0.05, 0) is 12.0 Å². The molecule has 150 valence electrons. The zero-order valence-electron chi connectivity index (χ0n) is 15.4. The van der Waals surface area contributed by atoms with E-state index in [1.807, 2.05) is 6.08 Å². The van der Waals surface area contributed by atoms with Crippen LogP contribution >= 0.6 is 0 Å². The molecule has 2 fully saturated rings. The minimum atomic E-state index is -0.663. The molecule has 29 heavy (non-hydrogen) atoms. The largest absolute Gasteiger partial charge is 0.369 e. The fraction of sp³-hybridized carbons (Fsp3) is 0.350. The lowest BCUT2D eigenvalue weighted by Crippen LogP contribution is -2.53. The van der Waals surface area contributed by atoms with Gasteiger partial charge in [-0.25, -0.2) is 0 Å². The van der Waals surface area contributed by atoms with Gasteiger partial charge in [0.15, 0.2) is 0 Å². The quantitative estimate of drug-likeness (QED) is 0.454. The van der Waals surface area contributed by atoms with E-state index in [9.17, 15) is 24.5 Å². The van der Waals surface area contributed by atoms with Crippen LogP contribution in [0, 0.1) is 16.0 Å². The third-order valence-corrected chi connectivity index (χ3v) is 5.42.